The molecule has 0 amide bonds. The summed E-state index contributed by atoms with van der Waals surface area (Å²) in [6.45, 7) is 3.37. The monoisotopic (exact) mass is 135 g/mol. The van der Waals surface area contributed by atoms with Gasteiger partial charge in [0, 0.05) is 0 Å². The molecule has 4 nitrogen and oxygen atoms in total. The molecule has 2 unspecified atom stereocenters. The average molecular weight is 135 g/mol. The molecule has 2 N–H and O–H groups in total. The first kappa shape index (κ1) is 8.84. The maximum Gasteiger partial charge on any atom is 0.104 e. The first-order chi connectivity index (χ1) is 4.18. The van der Waals surface area contributed by atoms with Crippen LogP contribution < -0.4 is 5.64 Å². The van der Waals surface area contributed by atoms with Gasteiger partial charge in [0.25, 0.3) is 0 Å². The minimum Gasteiger partial charge on any atom is -0.391 e. The summed E-state index contributed by atoms with van der Waals surface area (Å²) in [4.78, 5) is 9.11. The third-order valence-corrected chi connectivity index (χ3v) is 0.997. The van der Waals surface area contributed by atoms with Crippen molar-refractivity contribution < 1.29 is 14.8 Å². The molecule has 9 heavy (non-hydrogen) atoms. The Morgan fingerprint density at radius 1 is 1.44 bits per heavy atom. The number of aliphatic hydroxyl groups is 1. The SMILES string of the molecule is CONOC(C)C(C)O. The molecule has 0 aromatic carbocycles. The van der Waals surface area contributed by atoms with Gasteiger partial charge in [-0.3, -0.25) is 9.68 Å². The summed E-state index contributed by atoms with van der Waals surface area (Å²) in [6.07, 6.45) is -0.752. The van der Waals surface area contributed by atoms with Gasteiger partial charge in [0.15, 0.2) is 0 Å². The van der Waals surface area contributed by atoms with Crippen LogP contribution in [0.1, 0.15) is 13.8 Å². The van der Waals surface area contributed by atoms with Gasteiger partial charge in [-0.05, 0) is 13.8 Å². The van der Waals surface area contributed by atoms with Crippen molar-refractivity contribution in [3.05, 3.63) is 0 Å². The highest BCUT2D eigenvalue weighted by atomic mass is 16.9. The summed E-state index contributed by atoms with van der Waals surface area (Å²) in [6, 6.07) is 0. The highest BCUT2D eigenvalue weighted by molar-refractivity contribution is 4.53. The summed E-state index contributed by atoms with van der Waals surface area (Å²) in [7, 11) is 1.44. The van der Waals surface area contributed by atoms with E-state index in [0.717, 1.165) is 0 Å². The molecule has 0 aromatic rings. The fraction of sp³-hybridized carbons (Fsp3) is 1.00. The van der Waals surface area contributed by atoms with Crippen molar-refractivity contribution in [1.82, 2.24) is 5.64 Å². The van der Waals surface area contributed by atoms with E-state index >= 15 is 0 Å². The maximum absolute atomic E-state index is 8.83. The molecule has 0 aliphatic carbocycles. The van der Waals surface area contributed by atoms with E-state index < -0.39 is 6.10 Å². The molecule has 0 saturated carbocycles. The summed E-state index contributed by atoms with van der Waals surface area (Å²) < 4.78 is 0. The van der Waals surface area contributed by atoms with Crippen LogP contribution in [0.4, 0.5) is 0 Å². The Morgan fingerprint density at radius 2 is 2.00 bits per heavy atom. The van der Waals surface area contributed by atoms with E-state index in [2.05, 4.69) is 10.5 Å². The van der Waals surface area contributed by atoms with Crippen LogP contribution in [0.2, 0.25) is 0 Å². The van der Waals surface area contributed by atoms with Crippen LogP contribution >= 0.6 is 0 Å². The quantitative estimate of drug-likeness (QED) is 0.526. The van der Waals surface area contributed by atoms with Crippen LogP contribution in [0.25, 0.3) is 0 Å². The maximum atomic E-state index is 8.83. The standard InChI is InChI=1S/C5H13NO3/c1-4(7)5(2)9-6-8-3/h4-7H,1-3H3. The zero-order valence-corrected chi connectivity index (χ0v) is 5.92. The van der Waals surface area contributed by atoms with Crippen LogP contribution in [-0.4, -0.2) is 24.4 Å². The van der Waals surface area contributed by atoms with Crippen molar-refractivity contribution in [3.8, 4) is 0 Å². The minimum absolute atomic E-state index is 0.259. The van der Waals surface area contributed by atoms with E-state index in [1.807, 2.05) is 0 Å². The lowest BCUT2D eigenvalue weighted by atomic mass is 10.3. The second-order valence-electron chi connectivity index (χ2n) is 1.85. The van der Waals surface area contributed by atoms with Crippen molar-refractivity contribution in [2.24, 2.45) is 0 Å². The van der Waals surface area contributed by atoms with Gasteiger partial charge in [-0.25, -0.2) is 0 Å². The van der Waals surface area contributed by atoms with Crippen molar-refractivity contribution in [2.75, 3.05) is 7.11 Å². The first-order valence-corrected chi connectivity index (χ1v) is 2.80. The minimum atomic E-state index is -0.493. The molecule has 0 aliphatic heterocycles. The van der Waals surface area contributed by atoms with Gasteiger partial charge >= 0.3 is 0 Å². The third-order valence-electron chi connectivity index (χ3n) is 0.997. The fourth-order valence-corrected chi connectivity index (χ4v) is 0.222. The van der Waals surface area contributed by atoms with E-state index in [0.29, 0.717) is 0 Å². The number of hydrogen-bond donors (Lipinski definition) is 2. The largest absolute Gasteiger partial charge is 0.391 e. The average Bonchev–Trinajstić information content (AvgIpc) is 1.82. The molecular weight excluding hydrogens is 122 g/mol. The molecule has 0 bridgehead atoms. The van der Waals surface area contributed by atoms with E-state index in [1.54, 1.807) is 13.8 Å². The summed E-state index contributed by atoms with van der Waals surface area (Å²) in [5.41, 5.74) is 2.17. The molecule has 0 radical (unpaired) electrons. The number of aliphatic hydroxyl groups excluding tert-OH is 1. The highest BCUT2D eigenvalue weighted by Gasteiger charge is 2.07. The molecule has 0 aromatic heterocycles. The summed E-state index contributed by atoms with van der Waals surface area (Å²) >= 11 is 0. The topological polar surface area (TPSA) is 50.7 Å². The van der Waals surface area contributed by atoms with Crippen LogP contribution in [0.15, 0.2) is 0 Å². The van der Waals surface area contributed by atoms with Gasteiger partial charge in [-0.2, -0.15) is 0 Å². The smallest absolute Gasteiger partial charge is 0.104 e. The van der Waals surface area contributed by atoms with Gasteiger partial charge in [0.05, 0.1) is 13.2 Å². The van der Waals surface area contributed by atoms with Crippen LogP contribution in [-0.2, 0) is 9.68 Å². The summed E-state index contributed by atoms with van der Waals surface area (Å²) in [5.74, 6) is 0. The van der Waals surface area contributed by atoms with E-state index in [-0.39, 0.29) is 6.10 Å². The van der Waals surface area contributed by atoms with E-state index in [1.165, 1.54) is 7.11 Å². The second-order valence-corrected chi connectivity index (χ2v) is 1.85. The van der Waals surface area contributed by atoms with Gasteiger partial charge in [-0.1, -0.05) is 5.64 Å². The van der Waals surface area contributed by atoms with Gasteiger partial charge < -0.3 is 5.11 Å². The number of nitrogens with one attached hydrogen (secondary N) is 1. The normalized spacial score (nSPS) is 17.3. The predicted octanol–water partition coefficient (Wildman–Crippen LogP) is -0.162. The first-order valence-electron chi connectivity index (χ1n) is 2.80. The molecule has 2 atom stereocenters. The Balaban J connectivity index is 3.16. The van der Waals surface area contributed by atoms with Crippen LogP contribution in [0.5, 0.6) is 0 Å². The Labute approximate surface area is 54.7 Å². The van der Waals surface area contributed by atoms with Crippen molar-refractivity contribution in [2.45, 2.75) is 26.1 Å². The van der Waals surface area contributed by atoms with Crippen LogP contribution in [0.3, 0.4) is 0 Å². The van der Waals surface area contributed by atoms with E-state index in [4.69, 9.17) is 9.94 Å². The zero-order valence-electron chi connectivity index (χ0n) is 5.92. The van der Waals surface area contributed by atoms with E-state index in [9.17, 15) is 0 Å². The molecule has 0 heterocycles. The Morgan fingerprint density at radius 3 is 2.33 bits per heavy atom. The fourth-order valence-electron chi connectivity index (χ4n) is 0.222. The Kier molecular flexibility index (Phi) is 4.61. The number of rotatable bonds is 4. The highest BCUT2D eigenvalue weighted by Crippen LogP contribution is 1.93. The zero-order chi connectivity index (χ0) is 7.28. The van der Waals surface area contributed by atoms with Crippen LogP contribution in [0, 0.1) is 0 Å². The van der Waals surface area contributed by atoms with Gasteiger partial charge in [0.1, 0.15) is 6.10 Å². The van der Waals surface area contributed by atoms with Gasteiger partial charge in [0.2, 0.25) is 0 Å². The summed E-state index contributed by atoms with van der Waals surface area (Å²) in [5, 5.41) is 8.83. The lowest BCUT2D eigenvalue weighted by Gasteiger charge is -2.13. The van der Waals surface area contributed by atoms with Gasteiger partial charge in [-0.15, -0.1) is 0 Å². The second kappa shape index (κ2) is 4.69. The molecule has 0 rings (SSSR count). The third kappa shape index (κ3) is 4.35. The Hall–Kier alpha value is -0.160. The molecule has 0 spiro atoms. The molecule has 0 fully saturated rings. The molecular formula is C5H13NO3. The van der Waals surface area contributed by atoms with Crippen molar-refractivity contribution >= 4 is 0 Å². The lowest BCUT2D eigenvalue weighted by molar-refractivity contribution is -0.197. The number of hydrogen-bond acceptors (Lipinski definition) is 4. The predicted molar refractivity (Wildman–Crippen MR) is 32.4 cm³/mol. The molecule has 0 aliphatic rings. The molecule has 0 saturated heterocycles. The Bertz CT molecular complexity index is 67.2. The van der Waals surface area contributed by atoms with Crippen molar-refractivity contribution in [1.29, 1.82) is 0 Å². The molecule has 56 valence electrons. The molecule has 4 heteroatoms. The lowest BCUT2D eigenvalue weighted by Crippen LogP contribution is -2.29. The van der Waals surface area contributed by atoms with Crippen molar-refractivity contribution in [3.63, 3.8) is 0 Å².